The Morgan fingerprint density at radius 1 is 1.10 bits per heavy atom. The number of nitrogens with zero attached hydrogens (tertiary/aromatic N) is 3. The van der Waals surface area contributed by atoms with E-state index in [2.05, 4.69) is 15.6 Å². The SMILES string of the molecule is COC(=O)c1coc(-c2nc3oc2C24c5ccccc5N[C@@H]2Oc2ccc(cc24)C[C@H](N(C)C(=O)[C@@H](O)C(C)C)C(=O)N[C@H]3C(C)(C)C)n1. The van der Waals surface area contributed by atoms with Crippen LogP contribution in [0.3, 0.4) is 0 Å². The first kappa shape index (κ1) is 32.4. The largest absolute Gasteiger partial charge is 0.469 e. The highest BCUT2D eigenvalue weighted by Crippen LogP contribution is 2.59. The summed E-state index contributed by atoms with van der Waals surface area (Å²) in [6.45, 7) is 9.31. The quantitative estimate of drug-likeness (QED) is 0.261. The van der Waals surface area contributed by atoms with Crippen LogP contribution >= 0.6 is 0 Å². The van der Waals surface area contributed by atoms with E-state index >= 15 is 0 Å². The Kier molecular flexibility index (Phi) is 7.58. The average molecular weight is 670 g/mol. The third kappa shape index (κ3) is 4.97. The highest BCUT2D eigenvalue weighted by molar-refractivity contribution is 5.90. The molecular formula is C36H39N5O8. The van der Waals surface area contributed by atoms with E-state index in [9.17, 15) is 19.5 Å². The first-order valence-corrected chi connectivity index (χ1v) is 16.2. The fourth-order valence-electron chi connectivity index (χ4n) is 6.97. The number of aliphatic hydroxyl groups is 1. The van der Waals surface area contributed by atoms with Gasteiger partial charge in [-0.2, -0.15) is 0 Å². The van der Waals surface area contributed by atoms with Crippen LogP contribution in [0.5, 0.6) is 5.75 Å². The minimum Gasteiger partial charge on any atom is -0.469 e. The molecule has 1 unspecified atom stereocenters. The summed E-state index contributed by atoms with van der Waals surface area (Å²) in [4.78, 5) is 50.9. The summed E-state index contributed by atoms with van der Waals surface area (Å²) in [5.74, 6) is -0.908. The van der Waals surface area contributed by atoms with E-state index in [1.165, 1.54) is 25.3 Å². The summed E-state index contributed by atoms with van der Waals surface area (Å²) in [6.07, 6.45) is -0.604. The van der Waals surface area contributed by atoms with E-state index in [1.54, 1.807) is 13.8 Å². The Bertz CT molecular complexity index is 1980. The lowest BCUT2D eigenvalue weighted by Gasteiger charge is -2.35. The van der Waals surface area contributed by atoms with Gasteiger partial charge in [0.1, 0.15) is 35.6 Å². The predicted molar refractivity (Wildman–Crippen MR) is 176 cm³/mol. The van der Waals surface area contributed by atoms with Gasteiger partial charge < -0.3 is 38.9 Å². The number of likely N-dealkylation sites (N-methyl/N-ethyl adjacent to an activating group) is 1. The number of aliphatic hydroxyl groups excluding tert-OH is 1. The number of benzene rings is 2. The molecule has 0 fully saturated rings. The van der Waals surface area contributed by atoms with Crippen molar-refractivity contribution in [3.8, 4) is 17.3 Å². The number of fused-ring (bicyclic) bond motifs is 4. The molecular weight excluding hydrogens is 630 g/mol. The molecule has 13 nitrogen and oxygen atoms in total. The maximum absolute atomic E-state index is 14.3. The van der Waals surface area contributed by atoms with Crippen molar-refractivity contribution in [2.75, 3.05) is 19.5 Å². The maximum atomic E-state index is 14.3. The van der Waals surface area contributed by atoms with Crippen LogP contribution in [0.4, 0.5) is 5.69 Å². The average Bonchev–Trinajstić information content (AvgIpc) is 3.84. The first-order valence-electron chi connectivity index (χ1n) is 16.2. The number of para-hydroxylation sites is 1. The molecule has 49 heavy (non-hydrogen) atoms. The van der Waals surface area contributed by atoms with Crippen LogP contribution in [-0.4, -0.2) is 70.3 Å². The van der Waals surface area contributed by atoms with Crippen LogP contribution in [0.2, 0.25) is 0 Å². The van der Waals surface area contributed by atoms with Crippen molar-refractivity contribution >= 4 is 23.5 Å². The smallest absolute Gasteiger partial charge is 0.360 e. The van der Waals surface area contributed by atoms with Crippen LogP contribution in [0.15, 0.2) is 57.6 Å². The van der Waals surface area contributed by atoms with Gasteiger partial charge in [-0.15, -0.1) is 0 Å². The highest BCUT2D eigenvalue weighted by Gasteiger charge is 2.61. The van der Waals surface area contributed by atoms with Gasteiger partial charge in [0.25, 0.3) is 5.91 Å². The summed E-state index contributed by atoms with van der Waals surface area (Å²) < 4.78 is 24.2. The van der Waals surface area contributed by atoms with Crippen LogP contribution in [0, 0.1) is 11.3 Å². The third-order valence-electron chi connectivity index (χ3n) is 9.68. The molecule has 7 rings (SSSR count). The van der Waals surface area contributed by atoms with Gasteiger partial charge in [-0.05, 0) is 34.6 Å². The topological polar surface area (TPSA) is 169 Å². The summed E-state index contributed by atoms with van der Waals surface area (Å²) in [7, 11) is 2.79. The Morgan fingerprint density at radius 2 is 1.86 bits per heavy atom. The number of aromatic nitrogens is 2. The molecule has 5 atom stereocenters. The molecule has 3 aliphatic rings. The maximum Gasteiger partial charge on any atom is 0.360 e. The molecule has 4 aromatic rings. The zero-order chi connectivity index (χ0) is 35.0. The number of hydrogen-bond donors (Lipinski definition) is 3. The minimum atomic E-state index is -1.29. The molecule has 0 radical (unpaired) electrons. The number of hydrogen-bond acceptors (Lipinski definition) is 11. The van der Waals surface area contributed by atoms with Crippen molar-refractivity contribution in [1.82, 2.24) is 20.2 Å². The summed E-state index contributed by atoms with van der Waals surface area (Å²) in [5, 5.41) is 17.4. The van der Waals surface area contributed by atoms with Crippen LogP contribution < -0.4 is 15.4 Å². The van der Waals surface area contributed by atoms with Crippen molar-refractivity contribution < 1.29 is 37.8 Å². The van der Waals surface area contributed by atoms with Gasteiger partial charge >= 0.3 is 5.97 Å². The highest BCUT2D eigenvalue weighted by atomic mass is 16.5. The summed E-state index contributed by atoms with van der Waals surface area (Å²) in [6, 6.07) is 11.7. The number of esters is 1. The van der Waals surface area contributed by atoms with E-state index in [1.807, 2.05) is 63.2 Å². The van der Waals surface area contributed by atoms with Gasteiger partial charge in [0, 0.05) is 24.7 Å². The summed E-state index contributed by atoms with van der Waals surface area (Å²) in [5.41, 5.74) is 1.61. The standard InChI is InChI=1S/C36H39N5O8/c1-17(2)26(42)32(44)41(6)23-15-18-12-13-24-20(14-18)36(19-10-8-9-11-21(19)38-34(36)48-24)28-25(30-37-22(16-47-30)33(45)46-7)39-31(49-28)27(35(3,4)5)40-29(23)43/h8-14,16-17,23,26-27,34,38,42H,15H2,1-7H3,(H,40,43)/t23-,26-,27+,34+,36?/m0/s1. The van der Waals surface area contributed by atoms with E-state index in [4.69, 9.17) is 23.3 Å². The number of methoxy groups -OCH3 is 1. The van der Waals surface area contributed by atoms with Crippen molar-refractivity contribution in [2.24, 2.45) is 11.3 Å². The van der Waals surface area contributed by atoms with Crippen LogP contribution in [0.1, 0.15) is 79.5 Å². The molecule has 2 amide bonds. The lowest BCUT2D eigenvalue weighted by molar-refractivity contribution is -0.147. The lowest BCUT2D eigenvalue weighted by Crippen LogP contribution is -2.54. The fourth-order valence-corrected chi connectivity index (χ4v) is 6.97. The Morgan fingerprint density at radius 3 is 2.57 bits per heavy atom. The van der Waals surface area contributed by atoms with E-state index < -0.39 is 53.0 Å². The third-order valence-corrected chi connectivity index (χ3v) is 9.68. The van der Waals surface area contributed by atoms with Gasteiger partial charge in [-0.1, -0.05) is 65.0 Å². The van der Waals surface area contributed by atoms with Crippen molar-refractivity contribution in [3.63, 3.8) is 0 Å². The molecule has 13 heteroatoms. The molecule has 3 aliphatic heterocycles. The molecule has 1 spiro atoms. The van der Waals surface area contributed by atoms with Gasteiger partial charge in [0.2, 0.25) is 17.7 Å². The number of nitrogens with one attached hydrogen (secondary N) is 2. The van der Waals surface area contributed by atoms with Gasteiger partial charge in [-0.3, -0.25) is 9.59 Å². The number of amides is 2. The number of anilines is 1. The van der Waals surface area contributed by atoms with Gasteiger partial charge in [-0.25, -0.2) is 14.8 Å². The molecule has 4 bridgehead atoms. The lowest BCUT2D eigenvalue weighted by atomic mass is 9.72. The van der Waals surface area contributed by atoms with Crippen LogP contribution in [0.25, 0.3) is 11.6 Å². The normalized spacial score (nSPS) is 22.9. The van der Waals surface area contributed by atoms with Gasteiger partial charge in [0.15, 0.2) is 23.4 Å². The number of rotatable bonds is 5. The molecule has 5 heterocycles. The zero-order valence-electron chi connectivity index (χ0n) is 28.4. The molecule has 0 saturated heterocycles. The summed E-state index contributed by atoms with van der Waals surface area (Å²) >= 11 is 0. The van der Waals surface area contributed by atoms with E-state index in [0.29, 0.717) is 11.5 Å². The second kappa shape index (κ2) is 11.5. The van der Waals surface area contributed by atoms with Crippen molar-refractivity contribution in [3.05, 3.63) is 82.8 Å². The van der Waals surface area contributed by atoms with E-state index in [-0.39, 0.29) is 35.5 Å². The Balaban J connectivity index is 1.51. The fraction of sp³-hybridized carbons (Fsp3) is 0.417. The molecule has 0 saturated carbocycles. The van der Waals surface area contributed by atoms with Gasteiger partial charge in [0.05, 0.1) is 7.11 Å². The molecule has 3 N–H and O–H groups in total. The molecule has 2 aromatic heterocycles. The van der Waals surface area contributed by atoms with Crippen molar-refractivity contribution in [2.45, 2.75) is 70.9 Å². The van der Waals surface area contributed by atoms with E-state index in [0.717, 1.165) is 22.4 Å². The second-order valence-electron chi connectivity index (χ2n) is 14.3. The molecule has 0 aliphatic carbocycles. The Hall–Kier alpha value is -5.17. The van der Waals surface area contributed by atoms with Crippen molar-refractivity contribution in [1.29, 1.82) is 0 Å². The first-order chi connectivity index (χ1) is 23.2. The number of oxazole rings is 2. The molecule has 256 valence electrons. The Labute approximate surface area is 283 Å². The number of ether oxygens (including phenoxy) is 2. The number of carbonyl (C=O) groups is 3. The number of carbonyl (C=O) groups excluding carboxylic acids is 3. The zero-order valence-corrected chi connectivity index (χ0v) is 28.4. The monoisotopic (exact) mass is 669 g/mol. The predicted octanol–water partition coefficient (Wildman–Crippen LogP) is 4.20. The second-order valence-corrected chi connectivity index (χ2v) is 14.3. The minimum absolute atomic E-state index is 0.0206. The van der Waals surface area contributed by atoms with Crippen LogP contribution in [-0.2, 0) is 26.2 Å². The molecule has 2 aromatic carbocycles.